The lowest BCUT2D eigenvalue weighted by Crippen LogP contribution is -2.10. The predicted octanol–water partition coefficient (Wildman–Crippen LogP) is 3.22. The van der Waals surface area contributed by atoms with E-state index in [-0.39, 0.29) is 5.91 Å². The molecule has 1 amide bonds. The van der Waals surface area contributed by atoms with Crippen LogP contribution in [-0.2, 0) is 11.2 Å². The van der Waals surface area contributed by atoms with Gasteiger partial charge in [0.2, 0.25) is 11.9 Å². The zero-order valence-electron chi connectivity index (χ0n) is 12.2. The molecule has 0 aliphatic heterocycles. The Morgan fingerprint density at radius 2 is 2.05 bits per heavy atom. The molecule has 1 aromatic heterocycles. The predicted molar refractivity (Wildman–Crippen MR) is 84.7 cm³/mol. The van der Waals surface area contributed by atoms with Gasteiger partial charge in [-0.25, -0.2) is 9.97 Å². The molecule has 2 rings (SSSR count). The second kappa shape index (κ2) is 6.65. The van der Waals surface area contributed by atoms with Gasteiger partial charge in [0.05, 0.1) is 11.4 Å². The van der Waals surface area contributed by atoms with Crippen LogP contribution < -0.4 is 10.6 Å². The van der Waals surface area contributed by atoms with Gasteiger partial charge in [-0.2, -0.15) is 0 Å². The zero-order valence-corrected chi connectivity index (χ0v) is 12.2. The van der Waals surface area contributed by atoms with Gasteiger partial charge in [-0.1, -0.05) is 25.6 Å². The molecule has 5 heteroatoms. The van der Waals surface area contributed by atoms with Crippen LogP contribution in [0.4, 0.5) is 17.3 Å². The van der Waals surface area contributed by atoms with Crippen LogP contribution in [0, 0.1) is 6.92 Å². The molecule has 2 aromatic rings. The van der Waals surface area contributed by atoms with Crippen molar-refractivity contribution in [2.75, 3.05) is 10.6 Å². The van der Waals surface area contributed by atoms with Gasteiger partial charge in [-0.05, 0) is 37.1 Å². The van der Waals surface area contributed by atoms with Crippen molar-refractivity contribution in [3.63, 3.8) is 0 Å². The van der Waals surface area contributed by atoms with Crippen molar-refractivity contribution in [1.29, 1.82) is 0 Å². The second-order valence-corrected chi connectivity index (χ2v) is 4.52. The highest BCUT2D eigenvalue weighted by Gasteiger charge is 2.07. The molecule has 5 nitrogen and oxygen atoms in total. The Balaban J connectivity index is 2.25. The van der Waals surface area contributed by atoms with E-state index in [0.717, 1.165) is 23.4 Å². The number of hydrogen-bond donors (Lipinski definition) is 2. The van der Waals surface area contributed by atoms with Crippen LogP contribution in [-0.4, -0.2) is 15.9 Å². The number of benzene rings is 1. The summed E-state index contributed by atoms with van der Waals surface area (Å²) < 4.78 is 0. The van der Waals surface area contributed by atoms with Crippen molar-refractivity contribution in [1.82, 2.24) is 9.97 Å². The van der Waals surface area contributed by atoms with E-state index < -0.39 is 0 Å². The summed E-state index contributed by atoms with van der Waals surface area (Å²) in [5, 5.41) is 5.87. The second-order valence-electron chi connectivity index (χ2n) is 4.52. The Bertz CT molecular complexity index is 667. The largest absolute Gasteiger partial charge is 0.322 e. The zero-order chi connectivity index (χ0) is 15.2. The van der Waals surface area contributed by atoms with E-state index in [9.17, 15) is 4.79 Å². The highest BCUT2D eigenvalue weighted by atomic mass is 16.1. The summed E-state index contributed by atoms with van der Waals surface area (Å²) in [6.07, 6.45) is 3.95. The maximum Gasteiger partial charge on any atom is 0.247 e. The molecule has 0 radical (unpaired) electrons. The molecule has 0 saturated heterocycles. The first-order chi connectivity index (χ1) is 10.1. The molecule has 0 spiro atoms. The SMILES string of the molecule is C=CC(=O)Nc1ccccc1Nc1ncc(CC)c(C)n1. The van der Waals surface area contributed by atoms with Crippen molar-refractivity contribution in [3.8, 4) is 0 Å². The monoisotopic (exact) mass is 282 g/mol. The van der Waals surface area contributed by atoms with Gasteiger partial charge in [0.15, 0.2) is 0 Å². The van der Waals surface area contributed by atoms with E-state index >= 15 is 0 Å². The number of hydrogen-bond acceptors (Lipinski definition) is 4. The van der Waals surface area contributed by atoms with E-state index in [0.29, 0.717) is 11.6 Å². The number of nitrogens with zero attached hydrogens (tertiary/aromatic N) is 2. The molecule has 0 atom stereocenters. The van der Waals surface area contributed by atoms with E-state index in [4.69, 9.17) is 0 Å². The van der Waals surface area contributed by atoms with Crippen LogP contribution in [0.5, 0.6) is 0 Å². The van der Waals surface area contributed by atoms with Crippen LogP contribution in [0.1, 0.15) is 18.2 Å². The Morgan fingerprint density at radius 1 is 1.33 bits per heavy atom. The number of aryl methyl sites for hydroxylation is 2. The van der Waals surface area contributed by atoms with Crippen molar-refractivity contribution in [2.45, 2.75) is 20.3 Å². The first-order valence-corrected chi connectivity index (χ1v) is 6.76. The topological polar surface area (TPSA) is 66.9 Å². The van der Waals surface area contributed by atoms with Crippen molar-refractivity contribution in [2.24, 2.45) is 0 Å². The molecule has 1 heterocycles. The number of anilines is 3. The molecule has 1 aromatic carbocycles. The first-order valence-electron chi connectivity index (χ1n) is 6.76. The Morgan fingerprint density at radius 3 is 2.67 bits per heavy atom. The normalized spacial score (nSPS) is 10.0. The molecular weight excluding hydrogens is 264 g/mol. The smallest absolute Gasteiger partial charge is 0.247 e. The van der Waals surface area contributed by atoms with Crippen LogP contribution in [0.2, 0.25) is 0 Å². The number of amides is 1. The number of carbonyl (C=O) groups is 1. The lowest BCUT2D eigenvalue weighted by atomic mass is 10.2. The van der Waals surface area contributed by atoms with E-state index in [1.54, 1.807) is 6.07 Å². The van der Waals surface area contributed by atoms with Gasteiger partial charge >= 0.3 is 0 Å². The van der Waals surface area contributed by atoms with Crippen molar-refractivity contribution < 1.29 is 4.79 Å². The Kier molecular flexibility index (Phi) is 4.66. The minimum Gasteiger partial charge on any atom is -0.322 e. The van der Waals surface area contributed by atoms with Gasteiger partial charge in [0, 0.05) is 11.9 Å². The van der Waals surface area contributed by atoms with Gasteiger partial charge < -0.3 is 10.6 Å². The molecule has 0 saturated carbocycles. The van der Waals surface area contributed by atoms with Crippen LogP contribution >= 0.6 is 0 Å². The van der Waals surface area contributed by atoms with Crippen molar-refractivity contribution in [3.05, 3.63) is 54.4 Å². The fourth-order valence-corrected chi connectivity index (χ4v) is 1.90. The van der Waals surface area contributed by atoms with Crippen LogP contribution in [0.15, 0.2) is 43.1 Å². The summed E-state index contributed by atoms with van der Waals surface area (Å²) in [5.41, 5.74) is 3.45. The third kappa shape index (κ3) is 3.66. The number of aromatic nitrogens is 2. The van der Waals surface area contributed by atoms with Gasteiger partial charge in [0.1, 0.15) is 0 Å². The molecule has 108 valence electrons. The number of carbonyl (C=O) groups excluding carboxylic acids is 1. The third-order valence-electron chi connectivity index (χ3n) is 3.08. The maximum absolute atomic E-state index is 11.4. The standard InChI is InChI=1S/C16H18N4O/c1-4-12-10-17-16(18-11(12)3)20-14-9-7-6-8-13(14)19-15(21)5-2/h5-10H,2,4H2,1,3H3,(H,19,21)(H,17,18,20). The summed E-state index contributed by atoms with van der Waals surface area (Å²) in [5.74, 6) is 0.243. The minimum atomic E-state index is -0.261. The average Bonchev–Trinajstić information content (AvgIpc) is 2.49. The molecule has 0 bridgehead atoms. The summed E-state index contributed by atoms with van der Waals surface area (Å²) in [6, 6.07) is 7.37. The number of para-hydroxylation sites is 2. The quantitative estimate of drug-likeness (QED) is 0.826. The van der Waals surface area contributed by atoms with Crippen LogP contribution in [0.3, 0.4) is 0 Å². The lowest BCUT2D eigenvalue weighted by molar-refractivity contribution is -0.111. The summed E-state index contributed by atoms with van der Waals surface area (Å²) >= 11 is 0. The highest BCUT2D eigenvalue weighted by Crippen LogP contribution is 2.24. The van der Waals surface area contributed by atoms with Gasteiger partial charge in [-0.3, -0.25) is 4.79 Å². The maximum atomic E-state index is 11.4. The van der Waals surface area contributed by atoms with Gasteiger partial charge in [0.25, 0.3) is 0 Å². The molecule has 2 N–H and O–H groups in total. The van der Waals surface area contributed by atoms with E-state index in [2.05, 4.69) is 34.1 Å². The van der Waals surface area contributed by atoms with Crippen molar-refractivity contribution >= 4 is 23.2 Å². The number of nitrogens with one attached hydrogen (secondary N) is 2. The molecule has 0 aliphatic rings. The van der Waals surface area contributed by atoms with Crippen LogP contribution in [0.25, 0.3) is 0 Å². The molecule has 0 fully saturated rings. The summed E-state index contributed by atoms with van der Waals surface area (Å²) in [6.45, 7) is 7.47. The highest BCUT2D eigenvalue weighted by molar-refractivity contribution is 6.01. The summed E-state index contributed by atoms with van der Waals surface area (Å²) in [7, 11) is 0. The molecule has 0 unspecified atom stereocenters. The fraction of sp³-hybridized carbons (Fsp3) is 0.188. The third-order valence-corrected chi connectivity index (χ3v) is 3.08. The average molecular weight is 282 g/mol. The molecular formula is C16H18N4O. The molecule has 0 aliphatic carbocycles. The Hall–Kier alpha value is -2.69. The van der Waals surface area contributed by atoms with E-state index in [1.165, 1.54) is 6.08 Å². The number of rotatable bonds is 5. The minimum absolute atomic E-state index is 0.261. The lowest BCUT2D eigenvalue weighted by Gasteiger charge is -2.12. The molecule has 21 heavy (non-hydrogen) atoms. The first kappa shape index (κ1) is 14.7. The summed E-state index contributed by atoms with van der Waals surface area (Å²) in [4.78, 5) is 20.2. The van der Waals surface area contributed by atoms with E-state index in [1.807, 2.05) is 31.3 Å². The van der Waals surface area contributed by atoms with Gasteiger partial charge in [-0.15, -0.1) is 0 Å². The fourth-order valence-electron chi connectivity index (χ4n) is 1.90. The Labute approximate surface area is 124 Å².